The molecule has 1 aromatic heterocycles. The smallest absolute Gasteiger partial charge is 0.258 e. The second kappa shape index (κ2) is 7.31. The summed E-state index contributed by atoms with van der Waals surface area (Å²) in [7, 11) is -3.56. The van der Waals surface area contributed by atoms with Crippen molar-refractivity contribution in [2.75, 3.05) is 26.2 Å². The van der Waals surface area contributed by atoms with Gasteiger partial charge in [-0.3, -0.25) is 0 Å². The lowest BCUT2D eigenvalue weighted by molar-refractivity contribution is 0.193. The molecule has 21 heavy (non-hydrogen) atoms. The summed E-state index contributed by atoms with van der Waals surface area (Å²) in [6.07, 6.45) is 3.43. The molecule has 1 aromatic rings. The number of piperidine rings is 1. The highest BCUT2D eigenvalue weighted by atomic mass is 32.2. The molecule has 6 nitrogen and oxygen atoms in total. The Labute approximate surface area is 126 Å². The molecule has 0 bridgehead atoms. The van der Waals surface area contributed by atoms with Crippen LogP contribution in [0.15, 0.2) is 23.4 Å². The zero-order chi connectivity index (χ0) is 15.3. The lowest BCUT2D eigenvalue weighted by Gasteiger charge is -2.30. The maximum Gasteiger partial charge on any atom is 0.258 e. The molecule has 0 aliphatic carbocycles. The molecule has 1 aliphatic rings. The van der Waals surface area contributed by atoms with Gasteiger partial charge >= 0.3 is 0 Å². The SMILES string of the molecule is CCN1CCC(CNS(=O)(=O)c2ccc(CO)cn2)CC1. The van der Waals surface area contributed by atoms with E-state index in [0.29, 0.717) is 18.0 Å². The van der Waals surface area contributed by atoms with Crippen LogP contribution >= 0.6 is 0 Å². The van der Waals surface area contributed by atoms with E-state index < -0.39 is 10.0 Å². The fraction of sp³-hybridized carbons (Fsp3) is 0.643. The quantitative estimate of drug-likeness (QED) is 0.803. The van der Waals surface area contributed by atoms with Crippen molar-refractivity contribution < 1.29 is 13.5 Å². The predicted octanol–water partition coefficient (Wildman–Crippen LogP) is 0.584. The summed E-state index contributed by atoms with van der Waals surface area (Å²) in [4.78, 5) is 6.27. The van der Waals surface area contributed by atoms with Crippen LogP contribution in [0, 0.1) is 5.92 Å². The highest BCUT2D eigenvalue weighted by Crippen LogP contribution is 2.17. The molecule has 118 valence electrons. The van der Waals surface area contributed by atoms with E-state index >= 15 is 0 Å². The molecule has 2 rings (SSSR count). The highest BCUT2D eigenvalue weighted by molar-refractivity contribution is 7.89. The van der Waals surface area contributed by atoms with Gasteiger partial charge in [-0.1, -0.05) is 13.0 Å². The third kappa shape index (κ3) is 4.47. The summed E-state index contributed by atoms with van der Waals surface area (Å²) in [6, 6.07) is 2.99. The minimum atomic E-state index is -3.56. The summed E-state index contributed by atoms with van der Waals surface area (Å²) in [5.41, 5.74) is 0.598. The number of aliphatic hydroxyl groups excluding tert-OH is 1. The molecule has 1 fully saturated rings. The van der Waals surface area contributed by atoms with E-state index in [-0.39, 0.29) is 11.6 Å². The Morgan fingerprint density at radius 2 is 2.10 bits per heavy atom. The first-order valence-corrected chi connectivity index (χ1v) is 8.81. The van der Waals surface area contributed by atoms with Gasteiger partial charge in [0.2, 0.25) is 0 Å². The van der Waals surface area contributed by atoms with E-state index in [1.165, 1.54) is 12.3 Å². The molecular formula is C14H23N3O3S. The third-order valence-corrected chi connectivity index (χ3v) is 5.31. The lowest BCUT2D eigenvalue weighted by Crippen LogP contribution is -2.38. The number of sulfonamides is 1. The number of pyridine rings is 1. The largest absolute Gasteiger partial charge is 0.392 e. The number of hydrogen-bond donors (Lipinski definition) is 2. The van der Waals surface area contributed by atoms with Crippen LogP contribution in [0.5, 0.6) is 0 Å². The van der Waals surface area contributed by atoms with Crippen LogP contribution in [0.4, 0.5) is 0 Å². The van der Waals surface area contributed by atoms with Crippen LogP contribution in [0.25, 0.3) is 0 Å². The van der Waals surface area contributed by atoms with E-state index in [2.05, 4.69) is 21.5 Å². The van der Waals surface area contributed by atoms with Crippen molar-refractivity contribution >= 4 is 10.0 Å². The Kier molecular flexibility index (Phi) is 5.69. The molecule has 2 N–H and O–H groups in total. The van der Waals surface area contributed by atoms with Gasteiger partial charge in [0.1, 0.15) is 0 Å². The Hall–Kier alpha value is -1.02. The van der Waals surface area contributed by atoms with Gasteiger partial charge in [0.05, 0.1) is 6.61 Å². The number of hydrogen-bond acceptors (Lipinski definition) is 5. The van der Waals surface area contributed by atoms with E-state index in [1.807, 2.05) is 0 Å². The summed E-state index contributed by atoms with van der Waals surface area (Å²) in [5, 5.41) is 8.94. The zero-order valence-electron chi connectivity index (χ0n) is 12.3. The average molecular weight is 313 g/mol. The van der Waals surface area contributed by atoms with Crippen LogP contribution in [-0.2, 0) is 16.6 Å². The first-order chi connectivity index (χ1) is 10.0. The standard InChI is InChI=1S/C14H23N3O3S/c1-2-17-7-5-12(6-8-17)10-16-21(19,20)14-4-3-13(11-18)9-15-14/h3-4,9,12,16,18H,2,5-8,10-11H2,1H3. The molecule has 1 saturated heterocycles. The number of nitrogens with zero attached hydrogens (tertiary/aromatic N) is 2. The molecule has 0 saturated carbocycles. The van der Waals surface area contributed by atoms with Crippen molar-refractivity contribution in [3.05, 3.63) is 23.9 Å². The fourth-order valence-electron chi connectivity index (χ4n) is 2.47. The van der Waals surface area contributed by atoms with Crippen LogP contribution in [0.3, 0.4) is 0 Å². The van der Waals surface area contributed by atoms with Crippen molar-refractivity contribution in [2.24, 2.45) is 5.92 Å². The number of nitrogens with one attached hydrogen (secondary N) is 1. The minimum Gasteiger partial charge on any atom is -0.392 e. The molecule has 0 spiro atoms. The second-order valence-corrected chi connectivity index (χ2v) is 7.11. The Bertz CT molecular complexity index is 537. The van der Waals surface area contributed by atoms with Crippen molar-refractivity contribution in [2.45, 2.75) is 31.4 Å². The monoisotopic (exact) mass is 313 g/mol. The number of aliphatic hydroxyl groups is 1. The summed E-state index contributed by atoms with van der Waals surface area (Å²) < 4.78 is 26.9. The summed E-state index contributed by atoms with van der Waals surface area (Å²) >= 11 is 0. The highest BCUT2D eigenvalue weighted by Gasteiger charge is 2.21. The van der Waals surface area contributed by atoms with E-state index in [0.717, 1.165) is 32.5 Å². The molecular weight excluding hydrogens is 290 g/mol. The molecule has 1 aliphatic heterocycles. The van der Waals surface area contributed by atoms with Crippen molar-refractivity contribution in [1.82, 2.24) is 14.6 Å². The molecule has 0 aromatic carbocycles. The van der Waals surface area contributed by atoms with Gasteiger partial charge in [-0.25, -0.2) is 18.1 Å². The Balaban J connectivity index is 1.89. The minimum absolute atomic E-state index is 0.00527. The van der Waals surface area contributed by atoms with E-state index in [4.69, 9.17) is 5.11 Å². The number of aromatic nitrogens is 1. The van der Waals surface area contributed by atoms with E-state index in [1.54, 1.807) is 6.07 Å². The molecule has 7 heteroatoms. The third-order valence-electron chi connectivity index (χ3n) is 3.97. The zero-order valence-corrected chi connectivity index (χ0v) is 13.1. The van der Waals surface area contributed by atoms with Gasteiger partial charge in [-0.05, 0) is 50.0 Å². The molecule has 0 amide bonds. The van der Waals surface area contributed by atoms with Crippen molar-refractivity contribution in [3.63, 3.8) is 0 Å². The lowest BCUT2D eigenvalue weighted by atomic mass is 9.97. The maximum absolute atomic E-state index is 12.1. The molecule has 0 unspecified atom stereocenters. The summed E-state index contributed by atoms with van der Waals surface area (Å²) in [6.45, 7) is 5.59. The number of likely N-dealkylation sites (tertiary alicyclic amines) is 1. The van der Waals surface area contributed by atoms with Crippen LogP contribution in [-0.4, -0.2) is 49.6 Å². The fourth-order valence-corrected chi connectivity index (χ4v) is 3.51. The first-order valence-electron chi connectivity index (χ1n) is 7.33. The second-order valence-electron chi connectivity index (χ2n) is 5.39. The van der Waals surface area contributed by atoms with Gasteiger partial charge < -0.3 is 10.0 Å². The van der Waals surface area contributed by atoms with E-state index in [9.17, 15) is 8.42 Å². The van der Waals surface area contributed by atoms with Gasteiger partial charge in [0.25, 0.3) is 10.0 Å². The molecule has 2 heterocycles. The molecule has 0 radical (unpaired) electrons. The van der Waals surface area contributed by atoms with Crippen LogP contribution in [0.1, 0.15) is 25.3 Å². The van der Waals surface area contributed by atoms with Gasteiger partial charge in [-0.2, -0.15) is 0 Å². The maximum atomic E-state index is 12.1. The topological polar surface area (TPSA) is 82.5 Å². The first kappa shape index (κ1) is 16.4. The molecule has 0 atom stereocenters. The van der Waals surface area contributed by atoms with Gasteiger partial charge in [0, 0.05) is 12.7 Å². The van der Waals surface area contributed by atoms with Gasteiger partial charge in [0.15, 0.2) is 5.03 Å². The van der Waals surface area contributed by atoms with Crippen LogP contribution in [0.2, 0.25) is 0 Å². The summed E-state index contributed by atoms with van der Waals surface area (Å²) in [5.74, 6) is 0.388. The van der Waals surface area contributed by atoms with Gasteiger partial charge in [-0.15, -0.1) is 0 Å². The Morgan fingerprint density at radius 3 is 2.62 bits per heavy atom. The normalized spacial score (nSPS) is 18.0. The number of rotatable bonds is 6. The van der Waals surface area contributed by atoms with Crippen LogP contribution < -0.4 is 4.72 Å². The average Bonchev–Trinajstić information content (AvgIpc) is 2.53. The predicted molar refractivity (Wildman–Crippen MR) is 80.2 cm³/mol. The van der Waals surface area contributed by atoms with Crippen molar-refractivity contribution in [3.8, 4) is 0 Å². The van der Waals surface area contributed by atoms with Crippen molar-refractivity contribution in [1.29, 1.82) is 0 Å². The Morgan fingerprint density at radius 1 is 1.38 bits per heavy atom.